The van der Waals surface area contributed by atoms with E-state index >= 15 is 0 Å². The maximum atomic E-state index is 11.4. The molecule has 1 rings (SSSR count). The predicted molar refractivity (Wildman–Crippen MR) is 71.2 cm³/mol. The molecule has 0 spiro atoms. The Bertz CT molecular complexity index is 556. The molecule has 0 aromatic heterocycles. The van der Waals surface area contributed by atoms with Crippen LogP contribution >= 0.6 is 0 Å². The van der Waals surface area contributed by atoms with Crippen molar-refractivity contribution >= 4 is 21.2 Å². The van der Waals surface area contributed by atoms with E-state index in [0.29, 0.717) is 25.3 Å². The number of hydrogen-bond donors (Lipinski definition) is 1. The second-order valence-corrected chi connectivity index (χ2v) is 6.00. The van der Waals surface area contributed by atoms with Crippen LogP contribution in [0.3, 0.4) is 0 Å². The maximum Gasteiger partial charge on any atom is 0.293 e. The molecule has 8 heteroatoms. The summed E-state index contributed by atoms with van der Waals surface area (Å²) in [6, 6.07) is 3.82. The van der Waals surface area contributed by atoms with E-state index in [4.69, 9.17) is 4.74 Å². The van der Waals surface area contributed by atoms with Crippen molar-refractivity contribution in [3.8, 4) is 0 Å². The molecule has 0 amide bonds. The molecular weight excluding hydrogens is 272 g/mol. The van der Waals surface area contributed by atoms with Gasteiger partial charge in [-0.2, -0.15) is 0 Å². The van der Waals surface area contributed by atoms with Gasteiger partial charge < -0.3 is 10.1 Å². The zero-order valence-corrected chi connectivity index (χ0v) is 11.6. The lowest BCUT2D eigenvalue weighted by Gasteiger charge is -2.08. The van der Waals surface area contributed by atoms with Gasteiger partial charge >= 0.3 is 0 Å². The number of sulfone groups is 1. The van der Waals surface area contributed by atoms with Gasteiger partial charge in [-0.25, -0.2) is 8.42 Å². The quantitative estimate of drug-likeness (QED) is 0.463. The molecule has 0 bridgehead atoms. The van der Waals surface area contributed by atoms with Crippen molar-refractivity contribution in [2.45, 2.75) is 11.3 Å². The summed E-state index contributed by atoms with van der Waals surface area (Å²) in [6.07, 6.45) is 1.71. The number of anilines is 1. The monoisotopic (exact) mass is 288 g/mol. The first-order chi connectivity index (χ1) is 8.86. The van der Waals surface area contributed by atoms with E-state index in [1.54, 1.807) is 7.11 Å². The Labute approximate surface area is 111 Å². The predicted octanol–water partition coefficient (Wildman–Crippen LogP) is 1.45. The van der Waals surface area contributed by atoms with Crippen LogP contribution in [0.25, 0.3) is 0 Å². The number of nitro groups is 1. The minimum Gasteiger partial charge on any atom is -0.385 e. The van der Waals surface area contributed by atoms with Crippen molar-refractivity contribution in [2.24, 2.45) is 0 Å². The number of rotatable bonds is 7. The van der Waals surface area contributed by atoms with E-state index in [9.17, 15) is 18.5 Å². The Morgan fingerprint density at radius 2 is 2.11 bits per heavy atom. The first-order valence-corrected chi connectivity index (χ1v) is 7.46. The van der Waals surface area contributed by atoms with E-state index in [1.807, 2.05) is 0 Å². The molecule has 106 valence electrons. The first kappa shape index (κ1) is 15.4. The lowest BCUT2D eigenvalue weighted by atomic mass is 10.2. The molecule has 0 aliphatic carbocycles. The van der Waals surface area contributed by atoms with Gasteiger partial charge in [-0.3, -0.25) is 10.1 Å². The fourth-order valence-corrected chi connectivity index (χ4v) is 2.12. The van der Waals surface area contributed by atoms with Crippen LogP contribution in [0.4, 0.5) is 11.4 Å². The smallest absolute Gasteiger partial charge is 0.293 e. The summed E-state index contributed by atoms with van der Waals surface area (Å²) in [7, 11) is -1.88. The largest absolute Gasteiger partial charge is 0.385 e. The first-order valence-electron chi connectivity index (χ1n) is 5.57. The van der Waals surface area contributed by atoms with Gasteiger partial charge in [0, 0.05) is 32.6 Å². The number of nitrogens with one attached hydrogen (secondary N) is 1. The third-order valence-electron chi connectivity index (χ3n) is 2.43. The number of benzene rings is 1. The van der Waals surface area contributed by atoms with Gasteiger partial charge in [0.25, 0.3) is 5.69 Å². The van der Waals surface area contributed by atoms with Gasteiger partial charge in [0.2, 0.25) is 0 Å². The second kappa shape index (κ2) is 6.48. The molecule has 0 saturated heterocycles. The van der Waals surface area contributed by atoms with E-state index in [0.717, 1.165) is 12.3 Å². The highest BCUT2D eigenvalue weighted by atomic mass is 32.2. The third-order valence-corrected chi connectivity index (χ3v) is 3.54. The molecule has 0 aliphatic rings. The summed E-state index contributed by atoms with van der Waals surface area (Å²) in [5.41, 5.74) is 0.0499. The summed E-state index contributed by atoms with van der Waals surface area (Å²) < 4.78 is 27.6. The fourth-order valence-electron chi connectivity index (χ4n) is 1.48. The molecule has 0 atom stereocenters. The lowest BCUT2D eigenvalue weighted by Crippen LogP contribution is -2.07. The van der Waals surface area contributed by atoms with Gasteiger partial charge in [0.05, 0.1) is 9.82 Å². The van der Waals surface area contributed by atoms with Gasteiger partial charge in [0.15, 0.2) is 9.84 Å². The van der Waals surface area contributed by atoms with Gasteiger partial charge in [0.1, 0.15) is 5.69 Å². The molecule has 19 heavy (non-hydrogen) atoms. The Kier molecular flexibility index (Phi) is 5.25. The third kappa shape index (κ3) is 4.49. The van der Waals surface area contributed by atoms with E-state index < -0.39 is 14.8 Å². The van der Waals surface area contributed by atoms with Gasteiger partial charge in [-0.1, -0.05) is 0 Å². The zero-order valence-electron chi connectivity index (χ0n) is 10.8. The average molecular weight is 288 g/mol. The van der Waals surface area contributed by atoms with Crippen molar-refractivity contribution in [2.75, 3.05) is 31.8 Å². The molecule has 0 fully saturated rings. The van der Waals surface area contributed by atoms with Crippen molar-refractivity contribution in [1.82, 2.24) is 0 Å². The highest BCUT2D eigenvalue weighted by molar-refractivity contribution is 7.90. The standard InChI is InChI=1S/C11H16N2O5S/c1-18-7-3-6-12-10-5-4-9(19(2,16)17)8-11(10)13(14)15/h4-5,8,12H,3,6-7H2,1-2H3. The molecule has 1 aromatic carbocycles. The number of methoxy groups -OCH3 is 1. The van der Waals surface area contributed by atoms with E-state index in [2.05, 4.69) is 5.32 Å². The van der Waals surface area contributed by atoms with Gasteiger partial charge in [-0.05, 0) is 18.6 Å². The SMILES string of the molecule is COCCCNc1ccc(S(C)(=O)=O)cc1[N+](=O)[O-]. The van der Waals surface area contributed by atoms with Crippen molar-refractivity contribution in [1.29, 1.82) is 0 Å². The number of nitro benzene ring substituents is 1. The summed E-state index contributed by atoms with van der Waals surface area (Å²) in [5.74, 6) is 0. The summed E-state index contributed by atoms with van der Waals surface area (Å²) in [6.45, 7) is 1.05. The molecule has 0 saturated carbocycles. The topological polar surface area (TPSA) is 98.5 Å². The molecule has 1 aromatic rings. The van der Waals surface area contributed by atoms with Crippen LogP contribution < -0.4 is 5.32 Å². The Balaban J connectivity index is 2.96. The molecule has 0 unspecified atom stereocenters. The molecule has 0 aliphatic heterocycles. The van der Waals surface area contributed by atoms with Crippen LogP contribution in [0.1, 0.15) is 6.42 Å². The van der Waals surface area contributed by atoms with Crippen LogP contribution in [-0.4, -0.2) is 39.9 Å². The van der Waals surface area contributed by atoms with E-state index in [-0.39, 0.29) is 10.6 Å². The van der Waals surface area contributed by atoms with Crippen LogP contribution in [0, 0.1) is 10.1 Å². The normalized spacial score (nSPS) is 11.3. The number of hydrogen-bond acceptors (Lipinski definition) is 6. The zero-order chi connectivity index (χ0) is 14.5. The molecular formula is C11H16N2O5S. The van der Waals surface area contributed by atoms with E-state index in [1.165, 1.54) is 12.1 Å². The maximum absolute atomic E-state index is 11.4. The minimum absolute atomic E-state index is 0.0679. The van der Waals surface area contributed by atoms with Gasteiger partial charge in [-0.15, -0.1) is 0 Å². The number of ether oxygens (including phenoxy) is 1. The van der Waals surface area contributed by atoms with Crippen molar-refractivity contribution in [3.63, 3.8) is 0 Å². The second-order valence-electron chi connectivity index (χ2n) is 3.98. The summed E-state index contributed by atoms with van der Waals surface area (Å²) >= 11 is 0. The molecule has 1 N–H and O–H groups in total. The van der Waals surface area contributed by atoms with Crippen LogP contribution in [0.5, 0.6) is 0 Å². The highest BCUT2D eigenvalue weighted by Gasteiger charge is 2.18. The average Bonchev–Trinajstić information content (AvgIpc) is 2.33. The summed E-state index contributed by atoms with van der Waals surface area (Å²) in [4.78, 5) is 10.3. The van der Waals surface area contributed by atoms with Crippen LogP contribution in [-0.2, 0) is 14.6 Å². The molecule has 7 nitrogen and oxygen atoms in total. The number of nitrogens with zero attached hydrogens (tertiary/aromatic N) is 1. The molecule has 0 radical (unpaired) electrons. The Hall–Kier alpha value is -1.67. The Morgan fingerprint density at radius 3 is 2.63 bits per heavy atom. The lowest BCUT2D eigenvalue weighted by molar-refractivity contribution is -0.384. The minimum atomic E-state index is -3.46. The van der Waals surface area contributed by atoms with Crippen LogP contribution in [0.15, 0.2) is 23.1 Å². The molecule has 0 heterocycles. The summed E-state index contributed by atoms with van der Waals surface area (Å²) in [5, 5.41) is 13.8. The fraction of sp³-hybridized carbons (Fsp3) is 0.455. The van der Waals surface area contributed by atoms with Crippen molar-refractivity contribution < 1.29 is 18.1 Å². The highest BCUT2D eigenvalue weighted by Crippen LogP contribution is 2.27. The van der Waals surface area contributed by atoms with Crippen molar-refractivity contribution in [3.05, 3.63) is 28.3 Å². The van der Waals surface area contributed by atoms with Crippen LogP contribution in [0.2, 0.25) is 0 Å². The Morgan fingerprint density at radius 1 is 1.42 bits per heavy atom.